The molecule has 1 unspecified atom stereocenters. The predicted molar refractivity (Wildman–Crippen MR) is 64.1 cm³/mol. The van der Waals surface area contributed by atoms with Crippen LogP contribution in [-0.4, -0.2) is 12.6 Å². The van der Waals surface area contributed by atoms with Gasteiger partial charge in [-0.15, -0.1) is 13.2 Å². The van der Waals surface area contributed by atoms with Crippen molar-refractivity contribution in [3.8, 4) is 0 Å². The van der Waals surface area contributed by atoms with Crippen LogP contribution in [0, 0.1) is 0 Å². The number of rotatable bonds is 6. The first kappa shape index (κ1) is 11.4. The second-order valence-corrected chi connectivity index (χ2v) is 3.22. The van der Waals surface area contributed by atoms with Gasteiger partial charge >= 0.3 is 0 Å². The van der Waals surface area contributed by atoms with Crippen LogP contribution in [0.5, 0.6) is 0 Å². The lowest BCUT2D eigenvalue weighted by molar-refractivity contribution is 0.745. The fourth-order valence-electron chi connectivity index (χ4n) is 1.24. The molecule has 0 aliphatic carbocycles. The van der Waals surface area contributed by atoms with Crippen molar-refractivity contribution in [2.24, 2.45) is 10.2 Å². The molecule has 1 aromatic rings. The van der Waals surface area contributed by atoms with Crippen molar-refractivity contribution in [2.75, 3.05) is 6.54 Å². The van der Waals surface area contributed by atoms with Crippen LogP contribution in [0.25, 0.3) is 0 Å². The number of benzene rings is 1. The van der Waals surface area contributed by atoms with Gasteiger partial charge in [0.1, 0.15) is 0 Å². The van der Waals surface area contributed by atoms with Crippen molar-refractivity contribution in [1.29, 1.82) is 0 Å². The molecule has 78 valence electrons. The maximum atomic E-state index is 4.16. The number of azo groups is 1. The molecule has 0 saturated heterocycles. The molecule has 0 aromatic heterocycles. The van der Waals surface area contributed by atoms with E-state index in [2.05, 4.69) is 35.5 Å². The molecule has 2 heteroatoms. The van der Waals surface area contributed by atoms with Crippen LogP contribution >= 0.6 is 0 Å². The molecule has 1 atom stereocenters. The molecule has 0 N–H and O–H groups in total. The highest BCUT2D eigenvalue weighted by Gasteiger charge is 2.02. The molecule has 1 rings (SSSR count). The Bertz CT molecular complexity index is 328. The molecule has 0 amide bonds. The Labute approximate surface area is 91.1 Å². The van der Waals surface area contributed by atoms with E-state index in [4.69, 9.17) is 0 Å². The van der Waals surface area contributed by atoms with Gasteiger partial charge in [-0.3, -0.25) is 0 Å². The third kappa shape index (κ3) is 4.36. The molecular weight excluding hydrogens is 184 g/mol. The minimum Gasteiger partial charge on any atom is -0.189 e. The van der Waals surface area contributed by atoms with E-state index in [1.54, 1.807) is 6.08 Å². The highest BCUT2D eigenvalue weighted by molar-refractivity contribution is 5.17. The standard InChI is InChI=1S/C13H16N2/c1-3-10-14-15-13(4-2)11-12-8-6-5-7-9-12/h3-9,13H,1-2,10-11H2. The predicted octanol–water partition coefficient (Wildman–Crippen LogP) is 3.42. The molecule has 0 bridgehead atoms. The molecule has 1 aromatic carbocycles. The first-order valence-corrected chi connectivity index (χ1v) is 5.00. The molecular formula is C13H16N2. The molecule has 0 fully saturated rings. The van der Waals surface area contributed by atoms with Gasteiger partial charge < -0.3 is 0 Å². The van der Waals surface area contributed by atoms with E-state index < -0.39 is 0 Å². The molecule has 0 spiro atoms. The fourth-order valence-corrected chi connectivity index (χ4v) is 1.24. The summed E-state index contributed by atoms with van der Waals surface area (Å²) in [7, 11) is 0. The van der Waals surface area contributed by atoms with Crippen molar-refractivity contribution in [1.82, 2.24) is 0 Å². The lowest BCUT2D eigenvalue weighted by atomic mass is 10.1. The van der Waals surface area contributed by atoms with Crippen molar-refractivity contribution in [3.05, 3.63) is 61.2 Å². The Balaban J connectivity index is 2.54. The summed E-state index contributed by atoms with van der Waals surface area (Å²) < 4.78 is 0. The van der Waals surface area contributed by atoms with E-state index in [9.17, 15) is 0 Å². The third-order valence-electron chi connectivity index (χ3n) is 2.00. The summed E-state index contributed by atoms with van der Waals surface area (Å²) in [5, 5.41) is 8.16. The van der Waals surface area contributed by atoms with E-state index in [0.717, 1.165) is 6.42 Å². The van der Waals surface area contributed by atoms with Crippen molar-refractivity contribution < 1.29 is 0 Å². The maximum absolute atomic E-state index is 4.16. The van der Waals surface area contributed by atoms with Crippen LogP contribution in [0.3, 0.4) is 0 Å². The number of hydrogen-bond acceptors (Lipinski definition) is 2. The van der Waals surface area contributed by atoms with E-state index in [1.807, 2.05) is 24.3 Å². The number of hydrogen-bond donors (Lipinski definition) is 0. The van der Waals surface area contributed by atoms with Crippen LogP contribution < -0.4 is 0 Å². The van der Waals surface area contributed by atoms with Gasteiger partial charge in [0, 0.05) is 6.42 Å². The first-order chi connectivity index (χ1) is 7.36. The summed E-state index contributed by atoms with van der Waals surface area (Å²) in [6.07, 6.45) is 4.40. The zero-order valence-corrected chi connectivity index (χ0v) is 8.84. The Hall–Kier alpha value is -1.70. The molecule has 0 heterocycles. The van der Waals surface area contributed by atoms with Crippen LogP contribution in [0.2, 0.25) is 0 Å². The van der Waals surface area contributed by atoms with E-state index in [-0.39, 0.29) is 6.04 Å². The van der Waals surface area contributed by atoms with Gasteiger partial charge in [-0.05, 0) is 5.56 Å². The van der Waals surface area contributed by atoms with Crippen LogP contribution in [0.1, 0.15) is 5.56 Å². The molecule has 0 aliphatic rings. The lowest BCUT2D eigenvalue weighted by Gasteiger charge is -2.05. The summed E-state index contributed by atoms with van der Waals surface area (Å²) in [6, 6.07) is 10.3. The fraction of sp³-hybridized carbons (Fsp3) is 0.231. The summed E-state index contributed by atoms with van der Waals surface area (Å²) in [5.41, 5.74) is 1.25. The monoisotopic (exact) mass is 200 g/mol. The minimum atomic E-state index is 0.0624. The summed E-state index contributed by atoms with van der Waals surface area (Å²) >= 11 is 0. The third-order valence-corrected chi connectivity index (χ3v) is 2.00. The van der Waals surface area contributed by atoms with Crippen LogP contribution in [0.15, 0.2) is 65.9 Å². The molecule has 0 radical (unpaired) electrons. The molecule has 0 aliphatic heterocycles. The minimum absolute atomic E-state index is 0.0624. The van der Waals surface area contributed by atoms with Crippen molar-refractivity contribution in [2.45, 2.75) is 12.5 Å². The molecule has 2 nitrogen and oxygen atoms in total. The van der Waals surface area contributed by atoms with Crippen LogP contribution in [0.4, 0.5) is 0 Å². The lowest BCUT2D eigenvalue weighted by Crippen LogP contribution is -2.03. The van der Waals surface area contributed by atoms with E-state index >= 15 is 0 Å². The highest BCUT2D eigenvalue weighted by Crippen LogP contribution is 2.06. The SMILES string of the molecule is C=CCN=NC(C=C)Cc1ccccc1. The van der Waals surface area contributed by atoms with Crippen molar-refractivity contribution >= 4 is 0 Å². The Morgan fingerprint density at radius 2 is 1.93 bits per heavy atom. The second kappa shape index (κ2) is 6.71. The normalized spacial score (nSPS) is 12.5. The quantitative estimate of drug-likeness (QED) is 0.496. The van der Waals surface area contributed by atoms with Gasteiger partial charge in [-0.2, -0.15) is 10.2 Å². The van der Waals surface area contributed by atoms with E-state index in [1.165, 1.54) is 5.56 Å². The summed E-state index contributed by atoms with van der Waals surface area (Å²) in [5.74, 6) is 0. The number of nitrogens with zero attached hydrogens (tertiary/aromatic N) is 2. The topological polar surface area (TPSA) is 24.7 Å². The van der Waals surface area contributed by atoms with E-state index in [0.29, 0.717) is 6.54 Å². The summed E-state index contributed by atoms with van der Waals surface area (Å²) in [6.45, 7) is 7.91. The maximum Gasteiger partial charge on any atom is 0.0926 e. The smallest absolute Gasteiger partial charge is 0.0926 e. The molecule has 0 saturated carbocycles. The second-order valence-electron chi connectivity index (χ2n) is 3.22. The van der Waals surface area contributed by atoms with Gasteiger partial charge in [0.2, 0.25) is 0 Å². The Kier molecular flexibility index (Phi) is 5.09. The Morgan fingerprint density at radius 1 is 1.20 bits per heavy atom. The Morgan fingerprint density at radius 3 is 2.53 bits per heavy atom. The van der Waals surface area contributed by atoms with Gasteiger partial charge in [-0.1, -0.05) is 42.5 Å². The van der Waals surface area contributed by atoms with Gasteiger partial charge in [0.15, 0.2) is 0 Å². The highest BCUT2D eigenvalue weighted by atomic mass is 15.1. The summed E-state index contributed by atoms with van der Waals surface area (Å²) in [4.78, 5) is 0. The van der Waals surface area contributed by atoms with Gasteiger partial charge in [-0.25, -0.2) is 0 Å². The average Bonchev–Trinajstić information content (AvgIpc) is 2.29. The first-order valence-electron chi connectivity index (χ1n) is 5.00. The zero-order chi connectivity index (χ0) is 10.9. The average molecular weight is 200 g/mol. The van der Waals surface area contributed by atoms with Gasteiger partial charge in [0.25, 0.3) is 0 Å². The largest absolute Gasteiger partial charge is 0.189 e. The zero-order valence-electron chi connectivity index (χ0n) is 8.84. The van der Waals surface area contributed by atoms with Crippen molar-refractivity contribution in [3.63, 3.8) is 0 Å². The van der Waals surface area contributed by atoms with Gasteiger partial charge in [0.05, 0.1) is 12.6 Å². The van der Waals surface area contributed by atoms with Crippen LogP contribution in [-0.2, 0) is 6.42 Å². The molecule has 15 heavy (non-hydrogen) atoms.